The van der Waals surface area contributed by atoms with E-state index in [0.717, 1.165) is 25.8 Å². The molecule has 0 spiro atoms. The van der Waals surface area contributed by atoms with Crippen LogP contribution in [0.2, 0.25) is 0 Å². The van der Waals surface area contributed by atoms with Gasteiger partial charge in [0.15, 0.2) is 0 Å². The lowest BCUT2D eigenvalue weighted by Crippen LogP contribution is -2.28. The van der Waals surface area contributed by atoms with Crippen LogP contribution in [0, 0.1) is 11.7 Å². The van der Waals surface area contributed by atoms with Crippen molar-refractivity contribution in [1.29, 1.82) is 0 Å². The minimum atomic E-state index is -0.836. The topological polar surface area (TPSA) is 52.5 Å². The van der Waals surface area contributed by atoms with Gasteiger partial charge in [-0.2, -0.15) is 0 Å². The Hall–Kier alpha value is -0.970. The molecular weight excluding hydrogens is 245 g/mol. The summed E-state index contributed by atoms with van der Waals surface area (Å²) in [4.78, 5) is 0. The van der Waals surface area contributed by atoms with Crippen LogP contribution in [-0.4, -0.2) is 29.9 Å². The molecule has 2 atom stereocenters. The minimum absolute atomic E-state index is 0.183. The van der Waals surface area contributed by atoms with Gasteiger partial charge < -0.3 is 15.5 Å². The monoisotopic (exact) mass is 269 g/mol. The van der Waals surface area contributed by atoms with Crippen molar-refractivity contribution in [3.05, 3.63) is 35.6 Å². The SMILES string of the molecule is CCCC(CCO)CNCC(O)c1ccccc1F. The molecule has 0 saturated heterocycles. The molecule has 0 aliphatic rings. The van der Waals surface area contributed by atoms with Crippen LogP contribution < -0.4 is 5.32 Å². The molecule has 108 valence electrons. The van der Waals surface area contributed by atoms with Crippen LogP contribution in [-0.2, 0) is 0 Å². The van der Waals surface area contributed by atoms with E-state index >= 15 is 0 Å². The van der Waals surface area contributed by atoms with Crippen molar-refractivity contribution in [3.8, 4) is 0 Å². The Morgan fingerprint density at radius 1 is 1.21 bits per heavy atom. The average Bonchev–Trinajstić information content (AvgIpc) is 2.39. The number of rotatable bonds is 9. The van der Waals surface area contributed by atoms with E-state index in [0.29, 0.717) is 18.0 Å². The lowest BCUT2D eigenvalue weighted by atomic mass is 10.00. The molecule has 0 bridgehead atoms. The molecule has 1 aromatic carbocycles. The molecule has 3 N–H and O–H groups in total. The molecule has 0 aliphatic heterocycles. The molecule has 0 saturated carbocycles. The highest BCUT2D eigenvalue weighted by Crippen LogP contribution is 2.16. The standard InChI is InChI=1S/C15H24FNO2/c1-2-5-12(8-9-18)10-17-11-15(19)13-6-3-4-7-14(13)16/h3-4,6-7,12,15,17-19H,2,5,8-11H2,1H3. The zero-order valence-electron chi connectivity index (χ0n) is 11.5. The van der Waals surface area contributed by atoms with E-state index in [1.807, 2.05) is 0 Å². The molecule has 1 rings (SSSR count). The van der Waals surface area contributed by atoms with Crippen molar-refractivity contribution in [2.24, 2.45) is 5.92 Å². The Kier molecular flexibility index (Phi) is 7.63. The second kappa shape index (κ2) is 9.02. The van der Waals surface area contributed by atoms with Gasteiger partial charge in [0.05, 0.1) is 6.10 Å². The fraction of sp³-hybridized carbons (Fsp3) is 0.600. The number of nitrogens with one attached hydrogen (secondary N) is 1. The summed E-state index contributed by atoms with van der Waals surface area (Å²) in [5.41, 5.74) is 0.323. The van der Waals surface area contributed by atoms with Gasteiger partial charge in [-0.15, -0.1) is 0 Å². The molecule has 0 aliphatic carbocycles. The predicted octanol–water partition coefficient (Wildman–Crippen LogP) is 2.25. The summed E-state index contributed by atoms with van der Waals surface area (Å²) in [5.74, 6) is 0.0279. The van der Waals surface area contributed by atoms with Gasteiger partial charge >= 0.3 is 0 Å². The van der Waals surface area contributed by atoms with Crippen LogP contribution in [0.25, 0.3) is 0 Å². The van der Waals surface area contributed by atoms with E-state index in [1.54, 1.807) is 18.2 Å². The normalized spacial score (nSPS) is 14.3. The van der Waals surface area contributed by atoms with Gasteiger partial charge in [0.25, 0.3) is 0 Å². The first-order valence-electron chi connectivity index (χ1n) is 6.93. The van der Waals surface area contributed by atoms with Crippen LogP contribution in [0.3, 0.4) is 0 Å². The minimum Gasteiger partial charge on any atom is -0.396 e. The van der Waals surface area contributed by atoms with Crippen LogP contribution >= 0.6 is 0 Å². The number of halogens is 1. The maximum atomic E-state index is 13.4. The summed E-state index contributed by atoms with van der Waals surface area (Å²) >= 11 is 0. The van der Waals surface area contributed by atoms with Crippen molar-refractivity contribution in [3.63, 3.8) is 0 Å². The molecule has 19 heavy (non-hydrogen) atoms. The van der Waals surface area contributed by atoms with Crippen LogP contribution in [0.5, 0.6) is 0 Å². The summed E-state index contributed by atoms with van der Waals surface area (Å²) < 4.78 is 13.4. The Morgan fingerprint density at radius 2 is 1.95 bits per heavy atom. The third kappa shape index (κ3) is 5.68. The fourth-order valence-electron chi connectivity index (χ4n) is 2.22. The molecule has 0 heterocycles. The lowest BCUT2D eigenvalue weighted by Gasteiger charge is -2.18. The third-order valence-electron chi connectivity index (χ3n) is 3.27. The van der Waals surface area contributed by atoms with E-state index in [-0.39, 0.29) is 12.4 Å². The maximum absolute atomic E-state index is 13.4. The molecule has 1 aromatic rings. The Bertz CT molecular complexity index is 354. The lowest BCUT2D eigenvalue weighted by molar-refractivity contribution is 0.165. The number of hydrogen-bond donors (Lipinski definition) is 3. The largest absolute Gasteiger partial charge is 0.396 e. The summed E-state index contributed by atoms with van der Waals surface area (Å²) in [6.07, 6.45) is 2.04. The van der Waals surface area contributed by atoms with E-state index in [9.17, 15) is 9.50 Å². The maximum Gasteiger partial charge on any atom is 0.129 e. The first-order valence-corrected chi connectivity index (χ1v) is 6.93. The summed E-state index contributed by atoms with van der Waals surface area (Å²) in [6.45, 7) is 3.35. The summed E-state index contributed by atoms with van der Waals surface area (Å²) in [6, 6.07) is 6.27. The van der Waals surface area contributed by atoms with Crippen molar-refractivity contribution in [2.45, 2.75) is 32.3 Å². The van der Waals surface area contributed by atoms with Crippen molar-refractivity contribution < 1.29 is 14.6 Å². The zero-order chi connectivity index (χ0) is 14.1. The van der Waals surface area contributed by atoms with Gasteiger partial charge in [-0.25, -0.2) is 4.39 Å². The number of benzene rings is 1. The van der Waals surface area contributed by atoms with E-state index in [4.69, 9.17) is 5.11 Å². The zero-order valence-corrected chi connectivity index (χ0v) is 11.5. The highest BCUT2D eigenvalue weighted by Gasteiger charge is 2.13. The quantitative estimate of drug-likeness (QED) is 0.644. The van der Waals surface area contributed by atoms with Crippen LogP contribution in [0.1, 0.15) is 37.9 Å². The van der Waals surface area contributed by atoms with E-state index in [2.05, 4.69) is 12.2 Å². The van der Waals surface area contributed by atoms with Gasteiger partial charge in [-0.1, -0.05) is 31.5 Å². The van der Waals surface area contributed by atoms with Gasteiger partial charge in [-0.3, -0.25) is 0 Å². The van der Waals surface area contributed by atoms with Gasteiger partial charge in [-0.05, 0) is 31.4 Å². The number of aliphatic hydroxyl groups is 2. The Balaban J connectivity index is 2.37. The van der Waals surface area contributed by atoms with Crippen molar-refractivity contribution >= 4 is 0 Å². The smallest absolute Gasteiger partial charge is 0.129 e. The summed E-state index contributed by atoms with van der Waals surface area (Å²) in [5, 5.41) is 22.0. The molecule has 0 aromatic heterocycles. The van der Waals surface area contributed by atoms with Crippen LogP contribution in [0.4, 0.5) is 4.39 Å². The second-order valence-electron chi connectivity index (χ2n) is 4.86. The fourth-order valence-corrected chi connectivity index (χ4v) is 2.22. The average molecular weight is 269 g/mol. The highest BCUT2D eigenvalue weighted by molar-refractivity contribution is 5.19. The van der Waals surface area contributed by atoms with Crippen molar-refractivity contribution in [2.75, 3.05) is 19.7 Å². The first-order chi connectivity index (χ1) is 9.19. The van der Waals surface area contributed by atoms with E-state index in [1.165, 1.54) is 6.07 Å². The molecular formula is C15H24FNO2. The van der Waals surface area contributed by atoms with Gasteiger partial charge in [0.1, 0.15) is 5.82 Å². The molecule has 0 radical (unpaired) electrons. The van der Waals surface area contributed by atoms with Crippen LogP contribution in [0.15, 0.2) is 24.3 Å². The second-order valence-corrected chi connectivity index (χ2v) is 4.86. The number of hydrogen-bond acceptors (Lipinski definition) is 3. The van der Waals surface area contributed by atoms with Gasteiger partial charge in [0, 0.05) is 18.7 Å². The number of aliphatic hydroxyl groups excluding tert-OH is 2. The third-order valence-corrected chi connectivity index (χ3v) is 3.27. The van der Waals surface area contributed by atoms with Crippen molar-refractivity contribution in [1.82, 2.24) is 5.32 Å². The molecule has 2 unspecified atom stereocenters. The Labute approximate surface area is 114 Å². The highest BCUT2D eigenvalue weighted by atomic mass is 19.1. The molecule has 3 nitrogen and oxygen atoms in total. The predicted molar refractivity (Wildman–Crippen MR) is 74.3 cm³/mol. The first kappa shape index (κ1) is 16.1. The molecule has 0 amide bonds. The Morgan fingerprint density at radius 3 is 2.58 bits per heavy atom. The summed E-state index contributed by atoms with van der Waals surface area (Å²) in [7, 11) is 0. The molecule has 4 heteroatoms. The van der Waals surface area contributed by atoms with Gasteiger partial charge in [0.2, 0.25) is 0 Å². The molecule has 0 fully saturated rings. The van der Waals surface area contributed by atoms with E-state index < -0.39 is 6.10 Å².